The predicted octanol–water partition coefficient (Wildman–Crippen LogP) is 5.37. The average molecular weight is 500 g/mol. The molecule has 0 aromatic rings. The average Bonchev–Trinajstić information content (AvgIpc) is 2.69. The molecular weight excluding hydrogens is 446 g/mol. The summed E-state index contributed by atoms with van der Waals surface area (Å²) in [6.45, 7) is 6.81. The largest absolute Gasteiger partial charge is 0.397 e. The molecule has 0 spiro atoms. The highest BCUT2D eigenvalue weighted by Gasteiger charge is 2.20. The molecule has 3 unspecified atom stereocenters. The van der Waals surface area contributed by atoms with Crippen molar-refractivity contribution in [1.82, 2.24) is 4.90 Å². The SMILES string of the molecule is CC(O)N(C(C)O)C(C)O.CCCCCCCCCCCCCCCCCCOS(=O)(=O)O. The third-order valence-corrected chi connectivity index (χ3v) is 5.99. The van der Waals surface area contributed by atoms with E-state index >= 15 is 0 Å². The lowest BCUT2D eigenvalue weighted by molar-refractivity contribution is -0.159. The Hall–Kier alpha value is -0.290. The summed E-state index contributed by atoms with van der Waals surface area (Å²) in [4.78, 5) is 1.17. The quantitative estimate of drug-likeness (QED) is 0.0942. The molecule has 4 N–H and O–H groups in total. The summed E-state index contributed by atoms with van der Waals surface area (Å²) in [5.41, 5.74) is 0. The molecule has 0 amide bonds. The maximum Gasteiger partial charge on any atom is 0.397 e. The molecule has 0 aliphatic carbocycles. The summed E-state index contributed by atoms with van der Waals surface area (Å²) in [7, 11) is -4.24. The van der Waals surface area contributed by atoms with Gasteiger partial charge in [-0.05, 0) is 27.2 Å². The van der Waals surface area contributed by atoms with E-state index in [0.717, 1.165) is 12.8 Å². The van der Waals surface area contributed by atoms with Gasteiger partial charge < -0.3 is 15.3 Å². The molecule has 0 saturated carbocycles. The van der Waals surface area contributed by atoms with Crippen LogP contribution >= 0.6 is 0 Å². The number of hydrogen-bond acceptors (Lipinski definition) is 7. The minimum Gasteiger partial charge on any atom is -0.379 e. The van der Waals surface area contributed by atoms with E-state index in [9.17, 15) is 8.42 Å². The lowest BCUT2D eigenvalue weighted by Crippen LogP contribution is -2.45. The van der Waals surface area contributed by atoms with Gasteiger partial charge in [0.25, 0.3) is 0 Å². The van der Waals surface area contributed by atoms with Crippen LogP contribution in [0.3, 0.4) is 0 Å². The van der Waals surface area contributed by atoms with Crippen molar-refractivity contribution in [3.8, 4) is 0 Å². The van der Waals surface area contributed by atoms with Crippen LogP contribution in [0.4, 0.5) is 0 Å². The zero-order valence-corrected chi connectivity index (χ0v) is 22.4. The van der Waals surface area contributed by atoms with Crippen molar-refractivity contribution in [2.75, 3.05) is 6.61 Å². The molecule has 202 valence electrons. The van der Waals surface area contributed by atoms with Crippen LogP contribution in [0.2, 0.25) is 0 Å². The molecule has 3 atom stereocenters. The third-order valence-electron chi connectivity index (χ3n) is 5.52. The number of rotatable bonds is 21. The Kier molecular flexibility index (Phi) is 24.8. The molecule has 0 aliphatic rings. The molecule has 0 saturated heterocycles. The first-order chi connectivity index (χ1) is 15.5. The van der Waals surface area contributed by atoms with Crippen LogP contribution in [0.25, 0.3) is 0 Å². The Labute approximate surface area is 203 Å². The molecule has 0 bridgehead atoms. The van der Waals surface area contributed by atoms with Crippen molar-refractivity contribution in [1.29, 1.82) is 0 Å². The van der Waals surface area contributed by atoms with E-state index in [1.165, 1.54) is 109 Å². The molecule has 0 rings (SSSR count). The van der Waals surface area contributed by atoms with Crippen molar-refractivity contribution < 1.29 is 32.5 Å². The Balaban J connectivity index is 0. The molecule has 8 nitrogen and oxygen atoms in total. The summed E-state index contributed by atoms with van der Waals surface area (Å²) < 4.78 is 33.3. The van der Waals surface area contributed by atoms with E-state index in [1.807, 2.05) is 0 Å². The monoisotopic (exact) mass is 499 g/mol. The zero-order chi connectivity index (χ0) is 25.5. The minimum absolute atomic E-state index is 0.0945. The van der Waals surface area contributed by atoms with E-state index in [1.54, 1.807) is 0 Å². The number of nitrogens with zero attached hydrogens (tertiary/aromatic N) is 1. The van der Waals surface area contributed by atoms with Crippen molar-refractivity contribution in [3.63, 3.8) is 0 Å². The van der Waals surface area contributed by atoms with Crippen molar-refractivity contribution >= 4 is 10.4 Å². The molecule has 0 heterocycles. The number of aliphatic hydroxyl groups excluding tert-OH is 3. The number of unbranched alkanes of at least 4 members (excludes halogenated alkanes) is 15. The van der Waals surface area contributed by atoms with Gasteiger partial charge in [0.05, 0.1) is 6.61 Å². The highest BCUT2D eigenvalue weighted by atomic mass is 32.3. The fourth-order valence-corrected chi connectivity index (χ4v) is 4.08. The van der Waals surface area contributed by atoms with Gasteiger partial charge in [0.1, 0.15) is 18.7 Å². The van der Waals surface area contributed by atoms with Crippen molar-refractivity contribution in [2.45, 2.75) is 149 Å². The molecular formula is C24H53NO7S. The Bertz CT molecular complexity index is 480. The second-order valence-electron chi connectivity index (χ2n) is 8.90. The Morgan fingerprint density at radius 1 is 0.606 bits per heavy atom. The summed E-state index contributed by atoms with van der Waals surface area (Å²) in [5, 5.41) is 26.9. The van der Waals surface area contributed by atoms with Gasteiger partial charge in [-0.15, -0.1) is 0 Å². The van der Waals surface area contributed by atoms with Crippen molar-refractivity contribution in [2.24, 2.45) is 0 Å². The van der Waals surface area contributed by atoms with E-state index < -0.39 is 29.1 Å². The molecule has 0 aliphatic heterocycles. The standard InChI is InChI=1S/C18H38O4S.C6H15NO3/c1-2-3-4-5-6-7-8-9-10-11-12-13-14-15-16-17-18-22-23(19,20)21;1-4(8)7(5(2)9)6(3)10/h2-18H2,1H3,(H,19,20,21);4-6,8-10H,1-3H3. The van der Waals surface area contributed by atoms with Crippen LogP contribution in [0, 0.1) is 0 Å². The first-order valence-corrected chi connectivity index (χ1v) is 14.3. The van der Waals surface area contributed by atoms with Crippen LogP contribution in [0.5, 0.6) is 0 Å². The van der Waals surface area contributed by atoms with Crippen LogP contribution in [-0.2, 0) is 14.6 Å². The van der Waals surface area contributed by atoms with Crippen LogP contribution < -0.4 is 0 Å². The van der Waals surface area contributed by atoms with E-state index in [4.69, 9.17) is 19.9 Å². The summed E-state index contributed by atoms with van der Waals surface area (Å²) in [5.74, 6) is 0. The van der Waals surface area contributed by atoms with Crippen LogP contribution in [0.15, 0.2) is 0 Å². The molecule has 0 radical (unpaired) electrons. The number of hydrogen-bond donors (Lipinski definition) is 4. The molecule has 0 fully saturated rings. The Morgan fingerprint density at radius 3 is 1.09 bits per heavy atom. The normalized spacial score (nSPS) is 14.6. The van der Waals surface area contributed by atoms with Gasteiger partial charge in [0, 0.05) is 0 Å². The molecule has 0 aromatic heterocycles. The lowest BCUT2D eigenvalue weighted by Gasteiger charge is -2.30. The summed E-state index contributed by atoms with van der Waals surface area (Å²) >= 11 is 0. The fourth-order valence-electron chi connectivity index (χ4n) is 3.75. The minimum atomic E-state index is -4.24. The van der Waals surface area contributed by atoms with E-state index in [0.29, 0.717) is 6.42 Å². The fraction of sp³-hybridized carbons (Fsp3) is 1.00. The Morgan fingerprint density at radius 2 is 0.879 bits per heavy atom. The topological polar surface area (TPSA) is 128 Å². The highest BCUT2D eigenvalue weighted by Crippen LogP contribution is 2.13. The van der Waals surface area contributed by atoms with Gasteiger partial charge >= 0.3 is 10.4 Å². The first kappa shape index (κ1) is 34.9. The maximum absolute atomic E-state index is 10.3. The smallest absolute Gasteiger partial charge is 0.379 e. The highest BCUT2D eigenvalue weighted by molar-refractivity contribution is 7.80. The van der Waals surface area contributed by atoms with Gasteiger partial charge in [-0.2, -0.15) is 8.42 Å². The summed E-state index contributed by atoms with van der Waals surface area (Å²) in [6.07, 6.45) is 18.0. The first-order valence-electron chi connectivity index (χ1n) is 13.0. The third kappa shape index (κ3) is 27.8. The van der Waals surface area contributed by atoms with E-state index in [-0.39, 0.29) is 6.61 Å². The lowest BCUT2D eigenvalue weighted by atomic mass is 10.0. The van der Waals surface area contributed by atoms with Gasteiger partial charge in [-0.1, -0.05) is 103 Å². The van der Waals surface area contributed by atoms with Crippen LogP contribution in [-0.4, -0.2) is 58.5 Å². The molecule has 33 heavy (non-hydrogen) atoms. The maximum atomic E-state index is 10.3. The van der Waals surface area contributed by atoms with Gasteiger partial charge in [-0.25, -0.2) is 9.08 Å². The van der Waals surface area contributed by atoms with Gasteiger partial charge in [0.15, 0.2) is 0 Å². The number of aliphatic hydroxyl groups is 3. The molecule has 0 aromatic carbocycles. The van der Waals surface area contributed by atoms with E-state index in [2.05, 4.69) is 11.1 Å². The zero-order valence-electron chi connectivity index (χ0n) is 21.6. The second-order valence-corrected chi connectivity index (χ2v) is 9.99. The predicted molar refractivity (Wildman–Crippen MR) is 134 cm³/mol. The van der Waals surface area contributed by atoms with Gasteiger partial charge in [-0.3, -0.25) is 4.55 Å². The van der Waals surface area contributed by atoms with Crippen molar-refractivity contribution in [3.05, 3.63) is 0 Å². The van der Waals surface area contributed by atoms with Crippen LogP contribution in [0.1, 0.15) is 130 Å². The second kappa shape index (κ2) is 23.5. The molecule has 9 heteroatoms. The van der Waals surface area contributed by atoms with Gasteiger partial charge in [0.2, 0.25) is 0 Å². The summed E-state index contributed by atoms with van der Waals surface area (Å²) in [6, 6.07) is 0.